The zero-order chi connectivity index (χ0) is 16.2. The Bertz CT molecular complexity index is 863. The van der Waals surface area contributed by atoms with Gasteiger partial charge in [-0.2, -0.15) is 0 Å². The van der Waals surface area contributed by atoms with Gasteiger partial charge in [0.15, 0.2) is 0 Å². The number of fused-ring (bicyclic) bond motifs is 1. The second-order valence-corrected chi connectivity index (χ2v) is 4.96. The molecule has 0 saturated carbocycles. The first-order valence-electron chi connectivity index (χ1n) is 7.29. The molecule has 2 aromatic heterocycles. The molecule has 1 aromatic carbocycles. The highest BCUT2D eigenvalue weighted by atomic mass is 16.5. The van der Waals surface area contributed by atoms with Gasteiger partial charge >= 0.3 is 5.97 Å². The highest BCUT2D eigenvalue weighted by molar-refractivity contribution is 6.21. The minimum Gasteiger partial charge on any atom is -0.494 e. The third-order valence-corrected chi connectivity index (χ3v) is 3.49. The van der Waals surface area contributed by atoms with E-state index in [1.54, 1.807) is 42.7 Å². The van der Waals surface area contributed by atoms with Crippen LogP contribution in [0.1, 0.15) is 18.1 Å². The summed E-state index contributed by atoms with van der Waals surface area (Å²) in [5.74, 6) is -0.260. The van der Waals surface area contributed by atoms with Gasteiger partial charge in [0.25, 0.3) is 0 Å². The van der Waals surface area contributed by atoms with Gasteiger partial charge < -0.3 is 14.8 Å². The smallest absolute Gasteiger partial charge is 0.336 e. The van der Waals surface area contributed by atoms with Crippen molar-refractivity contribution in [2.24, 2.45) is 0 Å². The van der Waals surface area contributed by atoms with Gasteiger partial charge in [-0.05, 0) is 42.8 Å². The Morgan fingerprint density at radius 3 is 2.78 bits per heavy atom. The molecule has 0 amide bonds. The van der Waals surface area contributed by atoms with Gasteiger partial charge in [-0.1, -0.05) is 12.1 Å². The van der Waals surface area contributed by atoms with Crippen molar-refractivity contribution in [1.29, 1.82) is 0 Å². The topological polar surface area (TPSA) is 75.2 Å². The Morgan fingerprint density at radius 2 is 2.09 bits per heavy atom. The zero-order valence-electron chi connectivity index (χ0n) is 12.6. The summed E-state index contributed by atoms with van der Waals surface area (Å²) < 4.78 is 5.38. The van der Waals surface area contributed by atoms with E-state index in [0.29, 0.717) is 12.2 Å². The molecule has 23 heavy (non-hydrogen) atoms. The standard InChI is InChI=1S/C18H16N2O3/c1-2-23-14-7-5-12(6-8-14)16(18(21)22)10-13-11-20-17-15(13)4-3-9-19-17/h3-11H,2H2,1H3,(H,19,20)(H,21,22)/b16-10-. The highest BCUT2D eigenvalue weighted by Gasteiger charge is 2.12. The van der Waals surface area contributed by atoms with E-state index in [4.69, 9.17) is 4.74 Å². The number of H-pyrrole nitrogens is 1. The Hall–Kier alpha value is -3.08. The quantitative estimate of drug-likeness (QED) is 0.706. The molecule has 0 aliphatic heterocycles. The van der Waals surface area contributed by atoms with Gasteiger partial charge in [-0.15, -0.1) is 0 Å². The molecule has 0 bridgehead atoms. The van der Waals surface area contributed by atoms with Crippen LogP contribution in [0.5, 0.6) is 5.75 Å². The molecule has 5 nitrogen and oxygen atoms in total. The van der Waals surface area contributed by atoms with E-state index in [1.807, 2.05) is 19.1 Å². The maximum absolute atomic E-state index is 11.6. The van der Waals surface area contributed by atoms with Crippen molar-refractivity contribution in [1.82, 2.24) is 9.97 Å². The van der Waals surface area contributed by atoms with E-state index < -0.39 is 5.97 Å². The van der Waals surface area contributed by atoms with Crippen LogP contribution in [0.3, 0.4) is 0 Å². The molecular weight excluding hydrogens is 292 g/mol. The van der Waals surface area contributed by atoms with Crippen molar-refractivity contribution in [2.75, 3.05) is 6.61 Å². The lowest BCUT2D eigenvalue weighted by molar-refractivity contribution is -0.130. The lowest BCUT2D eigenvalue weighted by Crippen LogP contribution is -2.00. The number of pyridine rings is 1. The molecule has 0 spiro atoms. The molecule has 0 fully saturated rings. The normalized spacial score (nSPS) is 11.6. The van der Waals surface area contributed by atoms with Crippen LogP contribution >= 0.6 is 0 Å². The Labute approximate surface area is 133 Å². The molecule has 116 valence electrons. The molecule has 2 N–H and O–H groups in total. The van der Waals surface area contributed by atoms with Crippen LogP contribution in [-0.4, -0.2) is 27.7 Å². The minimum absolute atomic E-state index is 0.220. The lowest BCUT2D eigenvalue weighted by Gasteiger charge is -2.06. The Morgan fingerprint density at radius 1 is 1.30 bits per heavy atom. The largest absolute Gasteiger partial charge is 0.494 e. The number of ether oxygens (including phenoxy) is 1. The number of carboxylic acids is 1. The van der Waals surface area contributed by atoms with Crippen LogP contribution in [0, 0.1) is 0 Å². The monoisotopic (exact) mass is 308 g/mol. The third-order valence-electron chi connectivity index (χ3n) is 3.49. The van der Waals surface area contributed by atoms with Gasteiger partial charge in [0.2, 0.25) is 0 Å². The van der Waals surface area contributed by atoms with Crippen molar-refractivity contribution in [3.63, 3.8) is 0 Å². The SMILES string of the molecule is CCOc1ccc(/C(=C/c2c[nH]c3ncccc23)C(=O)O)cc1. The molecular formula is C18H16N2O3. The number of nitrogens with one attached hydrogen (secondary N) is 1. The maximum atomic E-state index is 11.6. The summed E-state index contributed by atoms with van der Waals surface area (Å²) in [5.41, 5.74) is 2.37. The van der Waals surface area contributed by atoms with Crippen molar-refractivity contribution >= 4 is 28.7 Å². The van der Waals surface area contributed by atoms with Crippen LogP contribution in [-0.2, 0) is 4.79 Å². The number of aromatic nitrogens is 2. The molecule has 2 heterocycles. The second kappa shape index (κ2) is 6.36. The Kier molecular flexibility index (Phi) is 4.10. The highest BCUT2D eigenvalue weighted by Crippen LogP contribution is 2.25. The number of rotatable bonds is 5. The summed E-state index contributed by atoms with van der Waals surface area (Å²) in [6.07, 6.45) is 5.10. The molecule has 0 aliphatic carbocycles. The number of benzene rings is 1. The first-order chi connectivity index (χ1) is 11.2. The fraction of sp³-hybridized carbons (Fsp3) is 0.111. The number of hydrogen-bond donors (Lipinski definition) is 2. The molecule has 3 aromatic rings. The zero-order valence-corrected chi connectivity index (χ0v) is 12.6. The van der Waals surface area contributed by atoms with Crippen LogP contribution in [0.15, 0.2) is 48.8 Å². The molecule has 0 aliphatic rings. The van der Waals surface area contributed by atoms with E-state index in [-0.39, 0.29) is 5.57 Å². The maximum Gasteiger partial charge on any atom is 0.336 e. The molecule has 0 radical (unpaired) electrons. The first kappa shape index (κ1) is 14.8. The predicted octanol–water partition coefficient (Wildman–Crippen LogP) is 3.59. The Balaban J connectivity index is 2.03. The molecule has 3 rings (SSSR count). The number of carbonyl (C=O) groups is 1. The van der Waals surface area contributed by atoms with E-state index in [0.717, 1.165) is 22.3 Å². The predicted molar refractivity (Wildman–Crippen MR) is 89.2 cm³/mol. The van der Waals surface area contributed by atoms with Crippen LogP contribution in [0.25, 0.3) is 22.7 Å². The van der Waals surface area contributed by atoms with E-state index >= 15 is 0 Å². The van der Waals surface area contributed by atoms with E-state index in [1.165, 1.54) is 0 Å². The van der Waals surface area contributed by atoms with Crippen molar-refractivity contribution in [2.45, 2.75) is 6.92 Å². The second-order valence-electron chi connectivity index (χ2n) is 4.96. The average Bonchev–Trinajstić information content (AvgIpc) is 2.97. The minimum atomic E-state index is -0.979. The summed E-state index contributed by atoms with van der Waals surface area (Å²) >= 11 is 0. The summed E-state index contributed by atoms with van der Waals surface area (Å²) in [5, 5.41) is 10.4. The number of hydrogen-bond acceptors (Lipinski definition) is 3. The molecule has 5 heteroatoms. The van der Waals surface area contributed by atoms with Crippen molar-refractivity contribution < 1.29 is 14.6 Å². The summed E-state index contributed by atoms with van der Waals surface area (Å²) in [6.45, 7) is 2.48. The van der Waals surface area contributed by atoms with E-state index in [9.17, 15) is 9.90 Å². The molecule has 0 saturated heterocycles. The van der Waals surface area contributed by atoms with Gasteiger partial charge in [0.05, 0.1) is 12.2 Å². The summed E-state index contributed by atoms with van der Waals surface area (Å²) in [4.78, 5) is 18.9. The fourth-order valence-electron chi connectivity index (χ4n) is 2.42. The van der Waals surface area contributed by atoms with Crippen LogP contribution in [0.2, 0.25) is 0 Å². The number of nitrogens with zero attached hydrogens (tertiary/aromatic N) is 1. The molecule has 0 unspecified atom stereocenters. The fourth-order valence-corrected chi connectivity index (χ4v) is 2.42. The summed E-state index contributed by atoms with van der Waals surface area (Å²) in [7, 11) is 0. The van der Waals surface area contributed by atoms with Crippen LogP contribution in [0.4, 0.5) is 0 Å². The summed E-state index contributed by atoms with van der Waals surface area (Å²) in [6, 6.07) is 10.8. The van der Waals surface area contributed by atoms with Gasteiger partial charge in [-0.25, -0.2) is 9.78 Å². The molecule has 0 atom stereocenters. The van der Waals surface area contributed by atoms with Gasteiger partial charge in [0, 0.05) is 23.3 Å². The third kappa shape index (κ3) is 3.08. The van der Waals surface area contributed by atoms with Crippen molar-refractivity contribution in [3.05, 3.63) is 59.9 Å². The van der Waals surface area contributed by atoms with Gasteiger partial charge in [-0.3, -0.25) is 0 Å². The number of aromatic amines is 1. The van der Waals surface area contributed by atoms with Gasteiger partial charge in [0.1, 0.15) is 11.4 Å². The number of aliphatic carboxylic acids is 1. The first-order valence-corrected chi connectivity index (χ1v) is 7.29. The number of carboxylic acid groups (broad SMARTS) is 1. The van der Waals surface area contributed by atoms with Crippen LogP contribution < -0.4 is 4.74 Å². The lowest BCUT2D eigenvalue weighted by atomic mass is 10.0. The van der Waals surface area contributed by atoms with E-state index in [2.05, 4.69) is 9.97 Å². The average molecular weight is 308 g/mol. The van der Waals surface area contributed by atoms with Crippen molar-refractivity contribution in [3.8, 4) is 5.75 Å².